The number of H-pyrrole nitrogens is 1. The molecule has 0 atom stereocenters. The van der Waals surface area contributed by atoms with Gasteiger partial charge in [0.15, 0.2) is 0 Å². The van der Waals surface area contributed by atoms with Gasteiger partial charge in [-0.05, 0) is 19.1 Å². The van der Waals surface area contributed by atoms with E-state index in [2.05, 4.69) is 4.98 Å². The topological polar surface area (TPSA) is 54.9 Å². The summed E-state index contributed by atoms with van der Waals surface area (Å²) in [5.41, 5.74) is 0.768. The van der Waals surface area contributed by atoms with Crippen LogP contribution >= 0.6 is 0 Å². The molecular formula is C11H10N2O2. The van der Waals surface area contributed by atoms with E-state index in [-0.39, 0.29) is 5.91 Å². The largest absolute Gasteiger partial charge is 0.332 e. The number of carbonyl (C=O) groups is 1. The molecule has 0 spiro atoms. The minimum Gasteiger partial charge on any atom is -0.310 e. The van der Waals surface area contributed by atoms with Gasteiger partial charge in [0, 0.05) is 17.5 Å². The first-order valence-corrected chi connectivity index (χ1v) is 4.56. The van der Waals surface area contributed by atoms with Gasteiger partial charge in [-0.1, -0.05) is 18.2 Å². The number of nitrogens with zero attached hydrogens (tertiary/aromatic N) is 1. The molecule has 0 bridgehead atoms. The summed E-state index contributed by atoms with van der Waals surface area (Å²) in [6.07, 6.45) is 1.50. The molecule has 1 N–H and O–H groups in total. The summed E-state index contributed by atoms with van der Waals surface area (Å²) >= 11 is 0. The third-order valence-electron chi connectivity index (χ3n) is 2.09. The first-order chi connectivity index (χ1) is 7.18. The van der Waals surface area contributed by atoms with Crippen molar-refractivity contribution in [1.29, 1.82) is 0 Å². The standard InChI is InChI=1S/C11H10N2O2/c1-8-7-13(11(15)12-8)10(14)9-5-3-2-4-6-9/h2-7H,1H3,(H,12,15). The van der Waals surface area contributed by atoms with Crippen molar-refractivity contribution in [3.05, 3.63) is 58.3 Å². The van der Waals surface area contributed by atoms with Crippen molar-refractivity contribution < 1.29 is 4.79 Å². The molecule has 0 fully saturated rings. The van der Waals surface area contributed by atoms with Crippen molar-refractivity contribution >= 4 is 5.91 Å². The third kappa shape index (κ3) is 1.74. The van der Waals surface area contributed by atoms with Crippen molar-refractivity contribution in [2.45, 2.75) is 6.92 Å². The predicted octanol–water partition coefficient (Wildman–Crippen LogP) is 1.17. The highest BCUT2D eigenvalue weighted by atomic mass is 16.2. The highest BCUT2D eigenvalue weighted by Gasteiger charge is 2.10. The Hall–Kier alpha value is -2.10. The van der Waals surface area contributed by atoms with Crippen LogP contribution in [0.3, 0.4) is 0 Å². The van der Waals surface area contributed by atoms with Crippen LogP contribution in [-0.4, -0.2) is 15.5 Å². The van der Waals surface area contributed by atoms with Gasteiger partial charge in [-0.2, -0.15) is 0 Å². The number of aromatic nitrogens is 2. The molecule has 0 aliphatic rings. The summed E-state index contributed by atoms with van der Waals surface area (Å²) in [5.74, 6) is -0.315. The molecule has 76 valence electrons. The SMILES string of the molecule is Cc1cn(C(=O)c2ccccc2)c(=O)[nH]1. The van der Waals surface area contributed by atoms with Gasteiger partial charge in [0.05, 0.1) is 0 Å². The molecule has 1 heterocycles. The highest BCUT2D eigenvalue weighted by Crippen LogP contribution is 2.01. The summed E-state index contributed by atoms with van der Waals surface area (Å²) in [4.78, 5) is 25.7. The van der Waals surface area contributed by atoms with E-state index in [1.807, 2.05) is 6.07 Å². The molecule has 0 saturated heterocycles. The number of aromatic amines is 1. The third-order valence-corrected chi connectivity index (χ3v) is 2.09. The molecule has 4 heteroatoms. The molecule has 0 aliphatic carbocycles. The molecule has 0 amide bonds. The molecule has 2 aromatic rings. The number of aryl methyl sites for hydroxylation is 1. The second kappa shape index (κ2) is 3.57. The Kier molecular flexibility index (Phi) is 2.25. The summed E-state index contributed by atoms with van der Waals surface area (Å²) in [6, 6.07) is 8.70. The lowest BCUT2D eigenvalue weighted by Crippen LogP contribution is -2.24. The van der Waals surface area contributed by atoms with Crippen molar-refractivity contribution in [2.24, 2.45) is 0 Å². The summed E-state index contributed by atoms with van der Waals surface area (Å²) in [7, 11) is 0. The zero-order valence-corrected chi connectivity index (χ0v) is 8.23. The number of rotatable bonds is 1. The Labute approximate surface area is 86.2 Å². The molecule has 15 heavy (non-hydrogen) atoms. The first kappa shape index (κ1) is 9.45. The number of hydrogen-bond acceptors (Lipinski definition) is 2. The molecule has 0 unspecified atom stereocenters. The molecule has 1 aromatic carbocycles. The second-order valence-electron chi connectivity index (χ2n) is 3.28. The van der Waals surface area contributed by atoms with E-state index in [9.17, 15) is 9.59 Å². The van der Waals surface area contributed by atoms with Crippen LogP contribution in [0.1, 0.15) is 16.1 Å². The second-order valence-corrected chi connectivity index (χ2v) is 3.28. The van der Waals surface area contributed by atoms with Gasteiger partial charge in [0.25, 0.3) is 5.91 Å². The van der Waals surface area contributed by atoms with Crippen molar-refractivity contribution in [3.8, 4) is 0 Å². The maximum Gasteiger partial charge on any atom is 0.332 e. The first-order valence-electron chi connectivity index (χ1n) is 4.56. The highest BCUT2D eigenvalue weighted by molar-refractivity contribution is 5.95. The van der Waals surface area contributed by atoms with Crippen LogP contribution in [0.25, 0.3) is 0 Å². The van der Waals surface area contributed by atoms with Crippen LogP contribution < -0.4 is 5.69 Å². The summed E-state index contributed by atoms with van der Waals surface area (Å²) in [6.45, 7) is 1.73. The zero-order chi connectivity index (χ0) is 10.8. The van der Waals surface area contributed by atoms with E-state index in [4.69, 9.17) is 0 Å². The van der Waals surface area contributed by atoms with Crippen molar-refractivity contribution in [1.82, 2.24) is 9.55 Å². The fraction of sp³-hybridized carbons (Fsp3) is 0.0909. The quantitative estimate of drug-likeness (QED) is 0.754. The van der Waals surface area contributed by atoms with Gasteiger partial charge in [0.1, 0.15) is 0 Å². The Morgan fingerprint density at radius 2 is 1.93 bits per heavy atom. The van der Waals surface area contributed by atoms with Crippen LogP contribution in [0.2, 0.25) is 0 Å². The van der Waals surface area contributed by atoms with E-state index in [0.29, 0.717) is 11.3 Å². The number of hydrogen-bond donors (Lipinski definition) is 1. The van der Waals surface area contributed by atoms with Gasteiger partial charge in [0.2, 0.25) is 0 Å². The van der Waals surface area contributed by atoms with Gasteiger partial charge in [-0.3, -0.25) is 4.79 Å². The number of nitrogens with one attached hydrogen (secondary N) is 1. The smallest absolute Gasteiger partial charge is 0.310 e. The van der Waals surface area contributed by atoms with Crippen LogP contribution in [0.5, 0.6) is 0 Å². The lowest BCUT2D eigenvalue weighted by Gasteiger charge is -1.98. The Morgan fingerprint density at radius 3 is 2.47 bits per heavy atom. The maximum absolute atomic E-state index is 11.8. The molecular weight excluding hydrogens is 192 g/mol. The number of carbonyl (C=O) groups excluding carboxylic acids is 1. The zero-order valence-electron chi connectivity index (χ0n) is 8.23. The van der Waals surface area contributed by atoms with E-state index in [1.165, 1.54) is 6.20 Å². The molecule has 4 nitrogen and oxygen atoms in total. The summed E-state index contributed by atoms with van der Waals surface area (Å²) < 4.78 is 1.07. The predicted molar refractivity (Wildman–Crippen MR) is 56.0 cm³/mol. The molecule has 2 rings (SSSR count). The van der Waals surface area contributed by atoms with Crippen molar-refractivity contribution in [3.63, 3.8) is 0 Å². The average Bonchev–Trinajstić information content (AvgIpc) is 2.58. The van der Waals surface area contributed by atoms with Gasteiger partial charge >= 0.3 is 5.69 Å². The van der Waals surface area contributed by atoms with Gasteiger partial charge in [-0.15, -0.1) is 0 Å². The van der Waals surface area contributed by atoms with Crippen LogP contribution in [0, 0.1) is 6.92 Å². The Morgan fingerprint density at radius 1 is 1.27 bits per heavy atom. The van der Waals surface area contributed by atoms with Gasteiger partial charge < -0.3 is 4.98 Å². The number of benzene rings is 1. The lowest BCUT2D eigenvalue weighted by atomic mass is 10.2. The Bertz CT molecular complexity index is 537. The van der Waals surface area contributed by atoms with Crippen LogP contribution in [0.4, 0.5) is 0 Å². The number of imidazole rings is 1. The van der Waals surface area contributed by atoms with E-state index >= 15 is 0 Å². The monoisotopic (exact) mass is 202 g/mol. The van der Waals surface area contributed by atoms with Crippen LogP contribution in [0.15, 0.2) is 41.3 Å². The minimum absolute atomic E-state index is 0.315. The molecule has 0 radical (unpaired) electrons. The van der Waals surface area contributed by atoms with Gasteiger partial charge in [-0.25, -0.2) is 9.36 Å². The summed E-state index contributed by atoms with van der Waals surface area (Å²) in [5, 5.41) is 0. The van der Waals surface area contributed by atoms with Crippen molar-refractivity contribution in [2.75, 3.05) is 0 Å². The molecule has 0 saturated carbocycles. The molecule has 1 aromatic heterocycles. The van der Waals surface area contributed by atoms with E-state index in [1.54, 1.807) is 31.2 Å². The lowest BCUT2D eigenvalue weighted by molar-refractivity contribution is 0.0956. The van der Waals surface area contributed by atoms with E-state index in [0.717, 1.165) is 4.57 Å². The normalized spacial score (nSPS) is 10.2. The molecule has 0 aliphatic heterocycles. The fourth-order valence-electron chi connectivity index (χ4n) is 1.38. The Balaban J connectivity index is 2.46. The maximum atomic E-state index is 11.8. The average molecular weight is 202 g/mol. The minimum atomic E-state index is -0.402. The van der Waals surface area contributed by atoms with Crippen LogP contribution in [-0.2, 0) is 0 Å². The fourth-order valence-corrected chi connectivity index (χ4v) is 1.38. The van der Waals surface area contributed by atoms with E-state index < -0.39 is 5.69 Å².